The molecular formula is C12H14INO4. The number of carbonyl (C=O) groups is 2. The van der Waals surface area contributed by atoms with Crippen molar-refractivity contribution >= 4 is 40.2 Å². The fourth-order valence-corrected chi connectivity index (χ4v) is 1.72. The van der Waals surface area contributed by atoms with Crippen LogP contribution < -0.4 is 5.32 Å². The van der Waals surface area contributed by atoms with Crippen molar-refractivity contribution in [2.24, 2.45) is 0 Å². The summed E-state index contributed by atoms with van der Waals surface area (Å²) in [6, 6.07) is 4.80. The normalized spacial score (nSPS) is 10.4. The Labute approximate surface area is 119 Å². The Balaban J connectivity index is 2.78. The van der Waals surface area contributed by atoms with Crippen LogP contribution in [0.15, 0.2) is 18.2 Å². The van der Waals surface area contributed by atoms with Gasteiger partial charge in [0.15, 0.2) is 0 Å². The van der Waals surface area contributed by atoms with E-state index in [4.69, 9.17) is 9.84 Å². The first-order valence-corrected chi connectivity index (χ1v) is 6.42. The average Bonchev–Trinajstić information content (AvgIpc) is 2.28. The van der Waals surface area contributed by atoms with Crippen LogP contribution in [-0.4, -0.2) is 29.7 Å². The maximum Gasteiger partial charge on any atom is 0.337 e. The van der Waals surface area contributed by atoms with Crippen LogP contribution in [0.2, 0.25) is 0 Å². The van der Waals surface area contributed by atoms with Gasteiger partial charge in [0, 0.05) is 3.57 Å². The van der Waals surface area contributed by atoms with E-state index >= 15 is 0 Å². The first-order valence-electron chi connectivity index (χ1n) is 5.34. The molecule has 1 amide bonds. The molecule has 1 aromatic rings. The van der Waals surface area contributed by atoms with Gasteiger partial charge in [-0.2, -0.15) is 0 Å². The number of carboxylic acids is 1. The van der Waals surface area contributed by atoms with Crippen LogP contribution in [0.4, 0.5) is 5.69 Å². The van der Waals surface area contributed by atoms with Gasteiger partial charge in [0.2, 0.25) is 5.91 Å². The number of aromatic carboxylic acids is 1. The molecule has 6 heteroatoms. The minimum atomic E-state index is -1.08. The third-order valence-electron chi connectivity index (χ3n) is 2.03. The van der Waals surface area contributed by atoms with Gasteiger partial charge in [-0.3, -0.25) is 4.79 Å². The minimum Gasteiger partial charge on any atom is -0.478 e. The smallest absolute Gasteiger partial charge is 0.337 e. The molecule has 0 atom stereocenters. The average molecular weight is 363 g/mol. The molecule has 0 saturated heterocycles. The number of rotatable bonds is 5. The summed E-state index contributed by atoms with van der Waals surface area (Å²) in [4.78, 5) is 22.6. The van der Waals surface area contributed by atoms with E-state index in [9.17, 15) is 9.59 Å². The van der Waals surface area contributed by atoms with Gasteiger partial charge in [-0.25, -0.2) is 4.79 Å². The summed E-state index contributed by atoms with van der Waals surface area (Å²) in [5.74, 6) is -1.44. The number of hydrogen-bond donors (Lipinski definition) is 2. The Morgan fingerprint density at radius 3 is 2.67 bits per heavy atom. The molecule has 0 saturated carbocycles. The molecule has 0 fully saturated rings. The van der Waals surface area contributed by atoms with Gasteiger partial charge in [0.05, 0.1) is 17.4 Å². The summed E-state index contributed by atoms with van der Waals surface area (Å²) >= 11 is 2.01. The van der Waals surface area contributed by atoms with Crippen molar-refractivity contribution in [2.45, 2.75) is 20.0 Å². The van der Waals surface area contributed by atoms with Gasteiger partial charge >= 0.3 is 5.97 Å². The largest absolute Gasteiger partial charge is 0.478 e. The molecule has 98 valence electrons. The summed E-state index contributed by atoms with van der Waals surface area (Å²) in [5.41, 5.74) is 0.347. The van der Waals surface area contributed by atoms with Crippen LogP contribution in [0.1, 0.15) is 24.2 Å². The van der Waals surface area contributed by atoms with Gasteiger partial charge in [-0.15, -0.1) is 0 Å². The zero-order chi connectivity index (χ0) is 13.7. The number of benzene rings is 1. The fraction of sp³-hybridized carbons (Fsp3) is 0.333. The third-order valence-corrected chi connectivity index (χ3v) is 2.70. The van der Waals surface area contributed by atoms with Crippen molar-refractivity contribution in [3.63, 3.8) is 0 Å². The first-order chi connectivity index (χ1) is 8.40. The standard InChI is InChI=1S/C12H14INO4/c1-7(2)18-6-11(15)14-10-4-3-8(13)5-9(10)12(16)17/h3-5,7H,6H2,1-2H3,(H,14,15)(H,16,17). The van der Waals surface area contributed by atoms with E-state index in [0.717, 1.165) is 3.57 Å². The fourth-order valence-electron chi connectivity index (χ4n) is 1.23. The second-order valence-corrected chi connectivity index (χ2v) is 5.15. The number of nitrogens with one attached hydrogen (secondary N) is 1. The summed E-state index contributed by atoms with van der Waals surface area (Å²) < 4.78 is 5.93. The number of carboxylic acid groups (broad SMARTS) is 1. The van der Waals surface area contributed by atoms with Gasteiger partial charge in [-0.05, 0) is 54.6 Å². The lowest BCUT2D eigenvalue weighted by Gasteiger charge is -2.10. The highest BCUT2D eigenvalue weighted by molar-refractivity contribution is 14.1. The Kier molecular flexibility index (Phi) is 5.54. The minimum absolute atomic E-state index is 0.0496. The molecule has 0 spiro atoms. The van der Waals surface area contributed by atoms with E-state index in [1.165, 1.54) is 6.07 Å². The van der Waals surface area contributed by atoms with Gasteiger partial charge in [0.1, 0.15) is 6.61 Å². The lowest BCUT2D eigenvalue weighted by molar-refractivity contribution is -0.121. The summed E-state index contributed by atoms with van der Waals surface area (Å²) in [7, 11) is 0. The molecule has 0 aromatic heterocycles. The lowest BCUT2D eigenvalue weighted by atomic mass is 10.2. The van der Waals surface area contributed by atoms with Crippen molar-refractivity contribution in [3.05, 3.63) is 27.3 Å². The molecule has 0 aliphatic heterocycles. The molecule has 0 bridgehead atoms. The predicted molar refractivity (Wildman–Crippen MR) is 75.8 cm³/mol. The molecule has 0 heterocycles. The first kappa shape index (κ1) is 14.9. The number of hydrogen-bond acceptors (Lipinski definition) is 3. The number of ether oxygens (including phenoxy) is 1. The van der Waals surface area contributed by atoms with Crippen LogP contribution in [0.3, 0.4) is 0 Å². The lowest BCUT2D eigenvalue weighted by Crippen LogP contribution is -2.22. The van der Waals surface area contributed by atoms with E-state index in [-0.39, 0.29) is 29.9 Å². The van der Waals surface area contributed by atoms with Crippen LogP contribution in [0, 0.1) is 3.57 Å². The number of halogens is 1. The topological polar surface area (TPSA) is 75.6 Å². The van der Waals surface area contributed by atoms with Crippen LogP contribution in [0.5, 0.6) is 0 Å². The number of carbonyl (C=O) groups excluding carboxylic acids is 1. The van der Waals surface area contributed by atoms with Crippen molar-refractivity contribution < 1.29 is 19.4 Å². The predicted octanol–water partition coefficient (Wildman–Crippen LogP) is 2.35. The van der Waals surface area contributed by atoms with E-state index in [1.807, 2.05) is 36.4 Å². The molecule has 0 radical (unpaired) electrons. The molecule has 0 unspecified atom stereocenters. The van der Waals surface area contributed by atoms with E-state index in [2.05, 4.69) is 5.32 Å². The number of amides is 1. The Morgan fingerprint density at radius 2 is 2.11 bits per heavy atom. The molecule has 1 aromatic carbocycles. The molecule has 5 nitrogen and oxygen atoms in total. The van der Waals surface area contributed by atoms with Gasteiger partial charge in [0.25, 0.3) is 0 Å². The van der Waals surface area contributed by atoms with E-state index in [1.54, 1.807) is 12.1 Å². The SMILES string of the molecule is CC(C)OCC(=O)Nc1ccc(I)cc1C(=O)O. The summed E-state index contributed by atoms with van der Waals surface area (Å²) in [5, 5.41) is 11.6. The Hall–Kier alpha value is -1.15. The van der Waals surface area contributed by atoms with Crippen LogP contribution in [-0.2, 0) is 9.53 Å². The van der Waals surface area contributed by atoms with Crippen molar-refractivity contribution in [2.75, 3.05) is 11.9 Å². The van der Waals surface area contributed by atoms with Gasteiger partial charge < -0.3 is 15.2 Å². The Bertz CT molecular complexity index is 459. The Morgan fingerprint density at radius 1 is 1.44 bits per heavy atom. The molecule has 2 N–H and O–H groups in total. The zero-order valence-corrected chi connectivity index (χ0v) is 12.2. The summed E-state index contributed by atoms with van der Waals surface area (Å²) in [6.45, 7) is 3.55. The van der Waals surface area contributed by atoms with Gasteiger partial charge in [-0.1, -0.05) is 0 Å². The molecular weight excluding hydrogens is 349 g/mol. The van der Waals surface area contributed by atoms with Crippen LogP contribution >= 0.6 is 22.6 Å². The third kappa shape index (κ3) is 4.61. The second kappa shape index (κ2) is 6.69. The second-order valence-electron chi connectivity index (χ2n) is 3.90. The van der Waals surface area contributed by atoms with Crippen molar-refractivity contribution in [3.8, 4) is 0 Å². The molecule has 1 rings (SSSR count). The molecule has 0 aliphatic carbocycles. The maximum absolute atomic E-state index is 11.5. The van der Waals surface area contributed by atoms with Crippen LogP contribution in [0.25, 0.3) is 0 Å². The maximum atomic E-state index is 11.5. The monoisotopic (exact) mass is 363 g/mol. The van der Waals surface area contributed by atoms with E-state index in [0.29, 0.717) is 0 Å². The van der Waals surface area contributed by atoms with E-state index < -0.39 is 5.97 Å². The molecule has 18 heavy (non-hydrogen) atoms. The molecule has 0 aliphatic rings. The highest BCUT2D eigenvalue weighted by atomic mass is 127. The highest BCUT2D eigenvalue weighted by Gasteiger charge is 2.13. The van der Waals surface area contributed by atoms with Crippen molar-refractivity contribution in [1.29, 1.82) is 0 Å². The quantitative estimate of drug-likeness (QED) is 0.788. The highest BCUT2D eigenvalue weighted by Crippen LogP contribution is 2.18. The van der Waals surface area contributed by atoms with Crippen molar-refractivity contribution in [1.82, 2.24) is 0 Å². The summed E-state index contributed by atoms with van der Waals surface area (Å²) in [6.07, 6.45) is -0.0496. The number of anilines is 1. The zero-order valence-electron chi connectivity index (χ0n) is 10.1.